The summed E-state index contributed by atoms with van der Waals surface area (Å²) in [4.78, 5) is 63.0. The van der Waals surface area contributed by atoms with E-state index in [1.165, 1.54) is 0 Å². The molecule has 0 fully saturated rings. The molecule has 0 unspecified atom stereocenters. The molecule has 2 aliphatic rings. The van der Waals surface area contributed by atoms with E-state index in [1.54, 1.807) is 52.0 Å². The third-order valence-electron chi connectivity index (χ3n) is 8.43. The normalized spacial score (nSPS) is 13.5. The number of aliphatic hydroxyl groups is 1. The molecule has 1 N–H and O–H groups in total. The lowest BCUT2D eigenvalue weighted by atomic mass is 9.80. The topological polar surface area (TPSA) is 149 Å². The van der Waals surface area contributed by atoms with Gasteiger partial charge in [0.1, 0.15) is 18.8 Å². The van der Waals surface area contributed by atoms with Crippen LogP contribution in [0, 0.1) is 0 Å². The van der Waals surface area contributed by atoms with Gasteiger partial charge in [0.15, 0.2) is 5.71 Å². The Morgan fingerprint density at radius 3 is 1.44 bits per heavy atom. The number of rotatable bonds is 22. The molecule has 1 aromatic carbocycles. The summed E-state index contributed by atoms with van der Waals surface area (Å²) in [5, 5.41) is 11.1. The highest BCUT2D eigenvalue weighted by Crippen LogP contribution is 2.39. The number of hydrogen-bond donors (Lipinski definition) is 1. The van der Waals surface area contributed by atoms with Gasteiger partial charge in [-0.05, 0) is 76.0 Å². The van der Waals surface area contributed by atoms with Crippen LogP contribution < -0.4 is 4.90 Å². The van der Waals surface area contributed by atoms with Gasteiger partial charge in [0, 0.05) is 56.6 Å². The van der Waals surface area contributed by atoms with E-state index in [0.29, 0.717) is 89.4 Å². The van der Waals surface area contributed by atoms with E-state index in [4.69, 9.17) is 18.9 Å². The molecule has 0 heterocycles. The van der Waals surface area contributed by atoms with Crippen LogP contribution in [0.1, 0.15) is 84.6 Å². The van der Waals surface area contributed by atoms with Gasteiger partial charge in [-0.1, -0.05) is 12.1 Å². The summed E-state index contributed by atoms with van der Waals surface area (Å²) in [6.07, 6.45) is 10.7. The first-order valence-electron chi connectivity index (χ1n) is 18.3. The van der Waals surface area contributed by atoms with E-state index in [2.05, 4.69) is 9.48 Å². The molecule has 0 radical (unpaired) electrons. The highest BCUT2D eigenvalue weighted by atomic mass is 16.5. The summed E-state index contributed by atoms with van der Waals surface area (Å²) < 4.78 is 22.3. The average Bonchev–Trinajstić information content (AvgIpc) is 3.11. The highest BCUT2D eigenvalue weighted by Gasteiger charge is 2.36. The van der Waals surface area contributed by atoms with Crippen LogP contribution in [-0.4, -0.2) is 97.7 Å². The Balaban J connectivity index is 1.75. The SMILES string of the molecule is CCOC(=O)CCCN(CCCC(=O)OCC)c1ccc(C2=C(O)C(=C3C=CC(=[N+](CCCC(=O)OCC)CCCC(=O)OCC)C=C3)C2=O)cc1. The second-order valence-corrected chi connectivity index (χ2v) is 12.1. The van der Waals surface area contributed by atoms with E-state index in [9.17, 15) is 29.1 Å². The first kappa shape index (κ1) is 41.4. The van der Waals surface area contributed by atoms with Crippen molar-refractivity contribution in [2.75, 3.05) is 57.5 Å². The van der Waals surface area contributed by atoms with Crippen molar-refractivity contribution < 1.29 is 52.6 Å². The minimum Gasteiger partial charge on any atom is -0.506 e. The number of anilines is 1. The summed E-state index contributed by atoms with van der Waals surface area (Å²) >= 11 is 0. The molecule has 0 atom stereocenters. The Morgan fingerprint density at radius 1 is 0.615 bits per heavy atom. The van der Waals surface area contributed by atoms with Gasteiger partial charge in [-0.25, -0.2) is 4.58 Å². The molecule has 0 saturated carbocycles. The molecule has 12 heteroatoms. The van der Waals surface area contributed by atoms with Crippen molar-refractivity contribution in [3.05, 3.63) is 71.0 Å². The molecule has 0 aliphatic heterocycles. The molecule has 2 aliphatic carbocycles. The number of carbonyl (C=O) groups excluding carboxylic acids is 5. The van der Waals surface area contributed by atoms with Crippen molar-refractivity contribution >= 4 is 46.6 Å². The van der Waals surface area contributed by atoms with E-state index >= 15 is 0 Å². The molecule has 52 heavy (non-hydrogen) atoms. The molecule has 282 valence electrons. The fourth-order valence-corrected chi connectivity index (χ4v) is 5.95. The number of carbonyl (C=O) groups is 5. The lowest BCUT2D eigenvalue weighted by molar-refractivity contribution is -0.527. The van der Waals surface area contributed by atoms with Crippen LogP contribution in [0.5, 0.6) is 0 Å². The minimum absolute atomic E-state index is 0.0769. The largest absolute Gasteiger partial charge is 0.506 e. The molecule has 0 saturated heterocycles. The number of benzene rings is 1. The smallest absolute Gasteiger partial charge is 0.306 e. The summed E-state index contributed by atoms with van der Waals surface area (Å²) in [5.41, 5.74) is 3.36. The first-order chi connectivity index (χ1) is 25.1. The molecule has 1 aromatic rings. The molecule has 12 nitrogen and oxygen atoms in total. The number of Topliss-reactive ketones (excluding diaryl/α,β-unsaturated/α-hetero) is 1. The lowest BCUT2D eigenvalue weighted by Gasteiger charge is -2.26. The van der Waals surface area contributed by atoms with Crippen molar-refractivity contribution in [1.82, 2.24) is 0 Å². The lowest BCUT2D eigenvalue weighted by Crippen LogP contribution is -2.27. The Morgan fingerprint density at radius 2 is 1.04 bits per heavy atom. The maximum absolute atomic E-state index is 13.4. The molecule has 0 bridgehead atoms. The van der Waals surface area contributed by atoms with E-state index < -0.39 is 0 Å². The third-order valence-corrected chi connectivity index (χ3v) is 8.43. The molecule has 0 spiro atoms. The van der Waals surface area contributed by atoms with Gasteiger partial charge in [0.25, 0.3) is 0 Å². The van der Waals surface area contributed by atoms with Crippen LogP contribution in [0.2, 0.25) is 0 Å². The second-order valence-electron chi connectivity index (χ2n) is 12.1. The fourth-order valence-electron chi connectivity index (χ4n) is 5.95. The van der Waals surface area contributed by atoms with Crippen LogP contribution in [0.15, 0.2) is 65.5 Å². The zero-order valence-electron chi connectivity index (χ0n) is 30.9. The number of esters is 4. The van der Waals surface area contributed by atoms with Gasteiger partial charge in [-0.3, -0.25) is 24.0 Å². The molecular formula is C40H53N2O10+. The Hall–Kier alpha value is -5.00. The standard InChI is InChI=1S/C40H52N2O10/c1-5-49-33(43)13-9-25-41(26-10-14-34(44)50-6-2)31-21-17-29(18-22-31)37-39(47)38(40(37)48)30-19-23-32(24-20-30)42(27-11-15-35(45)51-7-3)28-12-16-36(46)52-8-4/h17-24H,5-16,25-28H2,1-4H3/p+1. The molecule has 0 amide bonds. The van der Waals surface area contributed by atoms with Crippen LogP contribution >= 0.6 is 0 Å². The highest BCUT2D eigenvalue weighted by molar-refractivity contribution is 6.39. The van der Waals surface area contributed by atoms with Crippen molar-refractivity contribution in [1.29, 1.82) is 0 Å². The maximum Gasteiger partial charge on any atom is 0.306 e. The summed E-state index contributed by atoms with van der Waals surface area (Å²) in [5.74, 6) is -1.37. The van der Waals surface area contributed by atoms with Crippen molar-refractivity contribution in [2.45, 2.75) is 79.1 Å². The van der Waals surface area contributed by atoms with Gasteiger partial charge in [-0.2, -0.15) is 0 Å². The number of nitrogens with zero attached hydrogens (tertiary/aromatic N) is 2. The van der Waals surface area contributed by atoms with E-state index in [-0.39, 0.29) is 72.2 Å². The zero-order valence-corrected chi connectivity index (χ0v) is 30.9. The predicted octanol–water partition coefficient (Wildman–Crippen LogP) is 5.59. The quantitative estimate of drug-likeness (QED) is 0.0691. The van der Waals surface area contributed by atoms with Crippen molar-refractivity contribution in [3.8, 4) is 0 Å². The minimum atomic E-state index is -0.264. The van der Waals surface area contributed by atoms with Gasteiger partial charge in [0.05, 0.1) is 50.4 Å². The zero-order chi connectivity index (χ0) is 37.9. The number of allylic oxidation sites excluding steroid dienone is 7. The Labute approximate surface area is 306 Å². The van der Waals surface area contributed by atoms with Gasteiger partial charge < -0.3 is 29.0 Å². The number of ether oxygens (including phenoxy) is 4. The molecular weight excluding hydrogens is 668 g/mol. The third kappa shape index (κ3) is 12.6. The Kier molecular flexibility index (Phi) is 17.6. The molecule has 3 rings (SSSR count). The number of aliphatic hydroxyl groups excluding tert-OH is 1. The molecule has 0 aromatic heterocycles. The van der Waals surface area contributed by atoms with Gasteiger partial charge in [0.2, 0.25) is 5.78 Å². The van der Waals surface area contributed by atoms with Crippen LogP contribution in [0.4, 0.5) is 5.69 Å². The average molecular weight is 722 g/mol. The summed E-state index contributed by atoms with van der Waals surface area (Å²) in [7, 11) is 0. The van der Waals surface area contributed by atoms with Crippen LogP contribution in [0.3, 0.4) is 0 Å². The van der Waals surface area contributed by atoms with E-state index in [1.807, 2.05) is 24.3 Å². The van der Waals surface area contributed by atoms with Crippen LogP contribution in [-0.2, 0) is 42.9 Å². The first-order valence-corrected chi connectivity index (χ1v) is 18.3. The van der Waals surface area contributed by atoms with E-state index in [0.717, 1.165) is 11.4 Å². The number of ketones is 1. The van der Waals surface area contributed by atoms with Crippen LogP contribution in [0.25, 0.3) is 5.57 Å². The predicted molar refractivity (Wildman–Crippen MR) is 197 cm³/mol. The monoisotopic (exact) mass is 721 g/mol. The Bertz CT molecular complexity index is 1520. The second kappa shape index (κ2) is 22.0. The van der Waals surface area contributed by atoms with Crippen molar-refractivity contribution in [3.63, 3.8) is 0 Å². The number of hydrogen-bond acceptors (Lipinski definition) is 11. The van der Waals surface area contributed by atoms with Gasteiger partial charge >= 0.3 is 23.9 Å². The summed E-state index contributed by atoms with van der Waals surface area (Å²) in [6, 6.07) is 7.30. The van der Waals surface area contributed by atoms with Gasteiger partial charge in [-0.15, -0.1) is 0 Å². The van der Waals surface area contributed by atoms with Crippen molar-refractivity contribution in [2.24, 2.45) is 0 Å². The fraction of sp³-hybridized carbons (Fsp3) is 0.500. The summed E-state index contributed by atoms with van der Waals surface area (Å²) in [6.45, 7) is 10.6. The maximum atomic E-state index is 13.4.